The summed E-state index contributed by atoms with van der Waals surface area (Å²) < 4.78 is 0. The number of aliphatic hydroxyl groups is 2. The highest BCUT2D eigenvalue weighted by atomic mass is 16.9. The zero-order chi connectivity index (χ0) is 15.5. The van der Waals surface area contributed by atoms with Crippen molar-refractivity contribution in [3.8, 4) is 0 Å². The van der Waals surface area contributed by atoms with Crippen LogP contribution in [0, 0.1) is 20.2 Å². The van der Waals surface area contributed by atoms with E-state index in [1.807, 2.05) is 0 Å². The molecular weight excluding hydrogens is 264 g/mol. The quantitative estimate of drug-likeness (QED) is 0.291. The molecule has 0 spiro atoms. The Balaban J connectivity index is -0.000000264. The van der Waals surface area contributed by atoms with E-state index < -0.39 is 10.2 Å². The van der Waals surface area contributed by atoms with E-state index in [1.165, 1.54) is 19.3 Å². The van der Waals surface area contributed by atoms with Crippen LogP contribution in [0.25, 0.3) is 0 Å². The third-order valence-corrected chi connectivity index (χ3v) is 1.82. The molecule has 10 nitrogen and oxygen atoms in total. The molecule has 4 N–H and O–H groups in total. The summed E-state index contributed by atoms with van der Waals surface area (Å²) in [6.07, 6.45) is 7.89. The van der Waals surface area contributed by atoms with Crippen LogP contribution in [0.4, 0.5) is 0 Å². The normalized spacial score (nSPS) is 8.53. The minimum Gasteiger partial charge on any atom is -0.396 e. The topological polar surface area (TPSA) is 167 Å². The molecule has 0 saturated heterocycles. The molecule has 0 saturated carbocycles. The summed E-state index contributed by atoms with van der Waals surface area (Å²) in [5.41, 5.74) is 0. The third-order valence-electron chi connectivity index (χ3n) is 1.82. The van der Waals surface area contributed by atoms with Gasteiger partial charge >= 0.3 is 0 Å². The zero-order valence-corrected chi connectivity index (χ0v) is 10.7. The Morgan fingerprint density at radius 2 is 0.789 bits per heavy atom. The number of unbranched alkanes of at least 4 members (excludes halogenated alkanes) is 6. The Morgan fingerprint density at radius 1 is 0.632 bits per heavy atom. The molecule has 10 heteroatoms. The van der Waals surface area contributed by atoms with Crippen LogP contribution in [0.1, 0.15) is 44.9 Å². The summed E-state index contributed by atoms with van der Waals surface area (Å²) in [5, 5.41) is 44.2. The molecule has 0 unspecified atom stereocenters. The van der Waals surface area contributed by atoms with E-state index in [2.05, 4.69) is 0 Å². The monoisotopic (exact) mass is 286 g/mol. The van der Waals surface area contributed by atoms with Crippen molar-refractivity contribution < 1.29 is 30.8 Å². The molecule has 0 heterocycles. The van der Waals surface area contributed by atoms with Crippen molar-refractivity contribution in [2.45, 2.75) is 44.9 Å². The van der Waals surface area contributed by atoms with Crippen molar-refractivity contribution in [1.29, 1.82) is 0 Å². The van der Waals surface area contributed by atoms with E-state index in [9.17, 15) is 0 Å². The summed E-state index contributed by atoms with van der Waals surface area (Å²) in [7, 11) is 0. The van der Waals surface area contributed by atoms with E-state index in [0.29, 0.717) is 13.2 Å². The van der Waals surface area contributed by atoms with E-state index >= 15 is 0 Å². The van der Waals surface area contributed by atoms with Gasteiger partial charge in [-0.2, -0.15) is 0 Å². The summed E-state index contributed by atoms with van der Waals surface area (Å²) in [6.45, 7) is 0.660. The number of nitrogens with zero attached hydrogens (tertiary/aromatic N) is 2. The maximum Gasteiger partial charge on any atom is 0.291 e. The number of hydrogen-bond donors (Lipinski definition) is 4. The van der Waals surface area contributed by atoms with Gasteiger partial charge in [-0.3, -0.25) is 0 Å². The first-order chi connectivity index (χ1) is 8.88. The van der Waals surface area contributed by atoms with Gasteiger partial charge in [-0.25, -0.2) is 0 Å². The predicted molar refractivity (Wildman–Crippen MR) is 64.1 cm³/mol. The molecule has 0 aromatic rings. The molecular formula is C9H22N2O8. The summed E-state index contributed by atoms with van der Waals surface area (Å²) >= 11 is 0. The maximum atomic E-state index is 8.47. The fraction of sp³-hybridized carbons (Fsp3) is 1.00. The Bertz CT molecular complexity index is 175. The van der Waals surface area contributed by atoms with Gasteiger partial charge in [0.25, 0.3) is 10.2 Å². The summed E-state index contributed by atoms with van der Waals surface area (Å²) in [5.74, 6) is 0. The third kappa shape index (κ3) is 83.8. The van der Waals surface area contributed by atoms with Gasteiger partial charge in [-0.1, -0.05) is 32.1 Å². The minimum atomic E-state index is -1.50. The van der Waals surface area contributed by atoms with Crippen LogP contribution in [0.2, 0.25) is 0 Å². The number of rotatable bonds is 8. The zero-order valence-electron chi connectivity index (χ0n) is 10.7. The van der Waals surface area contributed by atoms with Gasteiger partial charge in [0.05, 0.1) is 0 Å². The lowest BCUT2D eigenvalue weighted by molar-refractivity contribution is -0.742. The highest BCUT2D eigenvalue weighted by Crippen LogP contribution is 2.06. The Kier molecular flexibility index (Phi) is 25.6. The van der Waals surface area contributed by atoms with Gasteiger partial charge in [0.1, 0.15) is 0 Å². The molecule has 19 heavy (non-hydrogen) atoms. The lowest BCUT2D eigenvalue weighted by Crippen LogP contribution is -1.85. The van der Waals surface area contributed by atoms with Crippen LogP contribution in [0.5, 0.6) is 0 Å². The number of hydrogen-bond acceptors (Lipinski definition) is 6. The Labute approximate surface area is 110 Å². The summed E-state index contributed by atoms with van der Waals surface area (Å²) in [6, 6.07) is 0. The number of aliphatic hydroxyl groups excluding tert-OH is 2. The fourth-order valence-electron chi connectivity index (χ4n) is 1.11. The van der Waals surface area contributed by atoms with Crippen molar-refractivity contribution >= 4 is 0 Å². The fourth-order valence-corrected chi connectivity index (χ4v) is 1.11. The second-order valence-electron chi connectivity index (χ2n) is 3.40. The molecule has 116 valence electrons. The van der Waals surface area contributed by atoms with Gasteiger partial charge in [-0.15, -0.1) is 20.2 Å². The van der Waals surface area contributed by atoms with Gasteiger partial charge in [0.15, 0.2) is 0 Å². The first kappa shape index (κ1) is 22.5. The minimum absolute atomic E-state index is 0.330. The average molecular weight is 286 g/mol. The molecule has 0 aliphatic carbocycles. The van der Waals surface area contributed by atoms with Crippen molar-refractivity contribution in [3.05, 3.63) is 20.2 Å². The Morgan fingerprint density at radius 3 is 0.947 bits per heavy atom. The molecule has 0 aliphatic heterocycles. The van der Waals surface area contributed by atoms with Gasteiger partial charge < -0.3 is 20.6 Å². The first-order valence-electron chi connectivity index (χ1n) is 5.76. The van der Waals surface area contributed by atoms with Crippen molar-refractivity contribution in [2.75, 3.05) is 13.2 Å². The van der Waals surface area contributed by atoms with Crippen LogP contribution in [0.15, 0.2) is 0 Å². The SMILES string of the molecule is O=[N+]([O-])O.O=[N+]([O-])O.OCCCCCCCCCO. The van der Waals surface area contributed by atoms with E-state index in [-0.39, 0.29) is 0 Å². The highest BCUT2D eigenvalue weighted by Gasteiger charge is 1.89. The largest absolute Gasteiger partial charge is 0.396 e. The van der Waals surface area contributed by atoms with Crippen LogP contribution in [-0.2, 0) is 0 Å². The predicted octanol–water partition coefficient (Wildman–Crippen LogP) is 1.01. The van der Waals surface area contributed by atoms with Crippen LogP contribution < -0.4 is 0 Å². The second kappa shape index (κ2) is 21.6. The standard InChI is InChI=1S/C9H20O2.2HNO3/c10-8-6-4-2-1-3-5-7-9-11;2*2-1(3)4/h10-11H,1-9H2;2*(H,2,3,4). The first-order valence-corrected chi connectivity index (χ1v) is 5.76. The molecule has 0 aromatic heterocycles. The molecule has 0 aromatic carbocycles. The molecule has 0 aliphatic rings. The molecule has 0 radical (unpaired) electrons. The smallest absolute Gasteiger partial charge is 0.291 e. The lowest BCUT2D eigenvalue weighted by Gasteiger charge is -1.98. The molecule has 0 fully saturated rings. The molecule has 0 atom stereocenters. The van der Waals surface area contributed by atoms with Gasteiger partial charge in [-0.05, 0) is 12.8 Å². The van der Waals surface area contributed by atoms with Gasteiger partial charge in [0.2, 0.25) is 0 Å². The van der Waals surface area contributed by atoms with Crippen molar-refractivity contribution in [1.82, 2.24) is 0 Å². The molecule has 0 bridgehead atoms. The van der Waals surface area contributed by atoms with Crippen LogP contribution >= 0.6 is 0 Å². The van der Waals surface area contributed by atoms with Crippen molar-refractivity contribution in [3.63, 3.8) is 0 Å². The summed E-state index contributed by atoms with van der Waals surface area (Å²) in [4.78, 5) is 16.7. The highest BCUT2D eigenvalue weighted by molar-refractivity contribution is 4.44. The average Bonchev–Trinajstić information content (AvgIpc) is 2.26. The van der Waals surface area contributed by atoms with Crippen LogP contribution in [0.3, 0.4) is 0 Å². The van der Waals surface area contributed by atoms with E-state index in [0.717, 1.165) is 25.7 Å². The second-order valence-corrected chi connectivity index (χ2v) is 3.40. The lowest BCUT2D eigenvalue weighted by atomic mass is 10.1. The van der Waals surface area contributed by atoms with Crippen molar-refractivity contribution in [2.24, 2.45) is 0 Å². The van der Waals surface area contributed by atoms with E-state index in [4.69, 9.17) is 40.9 Å². The van der Waals surface area contributed by atoms with E-state index in [1.54, 1.807) is 0 Å². The Hall–Kier alpha value is -1.68. The van der Waals surface area contributed by atoms with Gasteiger partial charge in [0, 0.05) is 13.2 Å². The molecule has 0 rings (SSSR count). The molecule has 0 amide bonds. The maximum absolute atomic E-state index is 8.47. The van der Waals surface area contributed by atoms with Crippen LogP contribution in [-0.4, -0.2) is 44.0 Å².